The minimum atomic E-state index is -3.60. The molecule has 8 nitrogen and oxygen atoms in total. The van der Waals surface area contributed by atoms with Gasteiger partial charge in [-0.2, -0.15) is 4.31 Å². The van der Waals surface area contributed by atoms with Gasteiger partial charge in [-0.05, 0) is 25.5 Å². The summed E-state index contributed by atoms with van der Waals surface area (Å²) in [6.07, 6.45) is 1.98. The summed E-state index contributed by atoms with van der Waals surface area (Å²) in [5.74, 6) is 1.02. The fourth-order valence-electron chi connectivity index (χ4n) is 3.49. The number of ether oxygens (including phenoxy) is 2. The first-order valence-corrected chi connectivity index (χ1v) is 11.3. The molecule has 156 valence electrons. The second-order valence-electron chi connectivity index (χ2n) is 7.24. The fraction of sp³-hybridized carbons (Fsp3) is 0.632. The Morgan fingerprint density at radius 3 is 2.50 bits per heavy atom. The van der Waals surface area contributed by atoms with Crippen LogP contribution >= 0.6 is 0 Å². The van der Waals surface area contributed by atoms with Crippen molar-refractivity contribution in [2.24, 2.45) is 0 Å². The van der Waals surface area contributed by atoms with Crippen molar-refractivity contribution < 1.29 is 22.7 Å². The molecule has 0 bridgehead atoms. The number of amides is 1. The van der Waals surface area contributed by atoms with Crippen LogP contribution in [-0.2, 0) is 14.8 Å². The molecule has 0 spiro atoms. The van der Waals surface area contributed by atoms with Crippen LogP contribution in [-0.4, -0.2) is 75.5 Å². The molecule has 3 rings (SSSR count). The van der Waals surface area contributed by atoms with Crippen LogP contribution in [0.25, 0.3) is 0 Å². The van der Waals surface area contributed by atoms with Crippen molar-refractivity contribution in [3.8, 4) is 11.5 Å². The lowest BCUT2D eigenvalue weighted by atomic mass is 10.2. The molecule has 1 amide bonds. The van der Waals surface area contributed by atoms with Gasteiger partial charge in [-0.3, -0.25) is 9.69 Å². The lowest BCUT2D eigenvalue weighted by Crippen LogP contribution is -2.51. The third kappa shape index (κ3) is 4.95. The number of nitrogens with zero attached hydrogens (tertiary/aromatic N) is 2. The van der Waals surface area contributed by atoms with E-state index in [0.29, 0.717) is 57.4 Å². The first-order chi connectivity index (χ1) is 13.4. The maximum atomic E-state index is 13.0. The van der Waals surface area contributed by atoms with Gasteiger partial charge in [0, 0.05) is 38.3 Å². The average molecular weight is 412 g/mol. The lowest BCUT2D eigenvalue weighted by molar-refractivity contribution is -0.123. The van der Waals surface area contributed by atoms with Crippen molar-refractivity contribution in [3.05, 3.63) is 18.2 Å². The molecule has 0 aliphatic carbocycles. The van der Waals surface area contributed by atoms with E-state index >= 15 is 0 Å². The predicted molar refractivity (Wildman–Crippen MR) is 105 cm³/mol. The maximum Gasteiger partial charge on any atom is 0.243 e. The van der Waals surface area contributed by atoms with Crippen molar-refractivity contribution >= 4 is 15.9 Å². The molecule has 2 heterocycles. The first-order valence-electron chi connectivity index (χ1n) is 9.81. The van der Waals surface area contributed by atoms with Crippen molar-refractivity contribution in [2.75, 3.05) is 45.9 Å². The van der Waals surface area contributed by atoms with E-state index in [2.05, 4.69) is 12.2 Å². The number of carbonyl (C=O) groups is 1. The number of carbonyl (C=O) groups excluding carboxylic acids is 1. The Labute approximate surface area is 166 Å². The molecule has 0 saturated carbocycles. The van der Waals surface area contributed by atoms with Gasteiger partial charge in [0.2, 0.25) is 15.9 Å². The monoisotopic (exact) mass is 411 g/mol. The third-order valence-electron chi connectivity index (χ3n) is 4.98. The largest absolute Gasteiger partial charge is 0.486 e. The lowest BCUT2D eigenvalue weighted by Gasteiger charge is -2.33. The smallest absolute Gasteiger partial charge is 0.243 e. The standard InChI is InChI=1S/C19H29N3O5S/c1-3-4-15(2)20-19(23)14-21-7-9-22(10-8-21)28(24,25)16-5-6-17-18(13-16)27-12-11-26-17/h5-6,13,15H,3-4,7-12,14H2,1-2H3,(H,20,23). The number of fused-ring (bicyclic) bond motifs is 1. The van der Waals surface area contributed by atoms with Crippen molar-refractivity contribution in [1.82, 2.24) is 14.5 Å². The minimum absolute atomic E-state index is 0.0101. The Morgan fingerprint density at radius 2 is 1.82 bits per heavy atom. The van der Waals surface area contributed by atoms with Crippen LogP contribution in [0.3, 0.4) is 0 Å². The average Bonchev–Trinajstić information content (AvgIpc) is 2.68. The molecule has 1 aromatic carbocycles. The summed E-state index contributed by atoms with van der Waals surface area (Å²) in [5.41, 5.74) is 0. The summed E-state index contributed by atoms with van der Waals surface area (Å²) in [6.45, 7) is 7.02. The molecule has 28 heavy (non-hydrogen) atoms. The summed E-state index contributed by atoms with van der Waals surface area (Å²) in [5, 5.41) is 2.99. The van der Waals surface area contributed by atoms with Gasteiger partial charge < -0.3 is 14.8 Å². The molecule has 2 aliphatic rings. The van der Waals surface area contributed by atoms with Gasteiger partial charge in [0.25, 0.3) is 0 Å². The molecule has 0 aromatic heterocycles. The Morgan fingerprint density at radius 1 is 1.14 bits per heavy atom. The zero-order valence-electron chi connectivity index (χ0n) is 16.5. The number of benzene rings is 1. The van der Waals surface area contributed by atoms with Gasteiger partial charge in [0.15, 0.2) is 11.5 Å². The number of piperazine rings is 1. The molecule has 1 fully saturated rings. The van der Waals surface area contributed by atoms with Crippen LogP contribution in [0.5, 0.6) is 11.5 Å². The zero-order valence-corrected chi connectivity index (χ0v) is 17.3. The number of nitrogens with one attached hydrogen (secondary N) is 1. The van der Waals surface area contributed by atoms with E-state index in [1.807, 2.05) is 11.8 Å². The maximum absolute atomic E-state index is 13.0. The summed E-state index contributed by atoms with van der Waals surface area (Å²) >= 11 is 0. The van der Waals surface area contributed by atoms with E-state index in [9.17, 15) is 13.2 Å². The molecule has 1 unspecified atom stereocenters. The van der Waals surface area contributed by atoms with Crippen LogP contribution in [0.1, 0.15) is 26.7 Å². The van der Waals surface area contributed by atoms with Gasteiger partial charge in [-0.25, -0.2) is 8.42 Å². The molecule has 2 aliphatic heterocycles. The summed E-state index contributed by atoms with van der Waals surface area (Å²) < 4.78 is 38.3. The predicted octanol–water partition coefficient (Wildman–Crippen LogP) is 1.07. The van der Waals surface area contributed by atoms with Crippen LogP contribution in [0.4, 0.5) is 0 Å². The van der Waals surface area contributed by atoms with E-state index in [1.165, 1.54) is 10.4 Å². The second kappa shape index (κ2) is 9.11. The molecule has 1 N–H and O–H groups in total. The van der Waals surface area contributed by atoms with E-state index in [1.54, 1.807) is 12.1 Å². The Balaban J connectivity index is 1.56. The second-order valence-corrected chi connectivity index (χ2v) is 9.18. The van der Waals surface area contributed by atoms with Crippen molar-refractivity contribution in [2.45, 2.75) is 37.6 Å². The van der Waals surface area contributed by atoms with Crippen molar-refractivity contribution in [3.63, 3.8) is 0 Å². The van der Waals surface area contributed by atoms with E-state index < -0.39 is 10.0 Å². The molecule has 1 saturated heterocycles. The number of sulfonamides is 1. The van der Waals surface area contributed by atoms with E-state index in [0.717, 1.165) is 12.8 Å². The van der Waals surface area contributed by atoms with Crippen LogP contribution in [0.2, 0.25) is 0 Å². The topological polar surface area (TPSA) is 88.2 Å². The molecule has 1 aromatic rings. The van der Waals surface area contributed by atoms with Crippen molar-refractivity contribution in [1.29, 1.82) is 0 Å². The highest BCUT2D eigenvalue weighted by Gasteiger charge is 2.30. The minimum Gasteiger partial charge on any atom is -0.486 e. The molecule has 0 radical (unpaired) electrons. The zero-order chi connectivity index (χ0) is 20.1. The third-order valence-corrected chi connectivity index (χ3v) is 6.87. The van der Waals surface area contributed by atoms with Gasteiger partial charge in [0.05, 0.1) is 11.4 Å². The Kier molecular flexibility index (Phi) is 6.79. The fourth-order valence-corrected chi connectivity index (χ4v) is 4.93. The normalized spacial score (nSPS) is 19.2. The quantitative estimate of drug-likeness (QED) is 0.722. The first kappa shape index (κ1) is 20.9. The Bertz CT molecular complexity index is 791. The van der Waals surface area contributed by atoms with E-state index in [-0.39, 0.29) is 16.8 Å². The molecular weight excluding hydrogens is 382 g/mol. The SMILES string of the molecule is CCCC(C)NC(=O)CN1CCN(S(=O)(=O)c2ccc3c(c2)OCCO3)CC1. The van der Waals surface area contributed by atoms with E-state index in [4.69, 9.17) is 9.47 Å². The summed E-state index contributed by atoms with van der Waals surface area (Å²) in [4.78, 5) is 14.3. The highest BCUT2D eigenvalue weighted by molar-refractivity contribution is 7.89. The van der Waals surface area contributed by atoms with Gasteiger partial charge >= 0.3 is 0 Å². The summed E-state index contributed by atoms with van der Waals surface area (Å²) in [6, 6.07) is 4.88. The van der Waals surface area contributed by atoms with Gasteiger partial charge in [-0.1, -0.05) is 13.3 Å². The van der Waals surface area contributed by atoms with Gasteiger partial charge in [0.1, 0.15) is 13.2 Å². The molecule has 9 heteroatoms. The summed E-state index contributed by atoms with van der Waals surface area (Å²) in [7, 11) is -3.60. The highest BCUT2D eigenvalue weighted by Crippen LogP contribution is 2.33. The van der Waals surface area contributed by atoms with Gasteiger partial charge in [-0.15, -0.1) is 0 Å². The Hall–Kier alpha value is -1.84. The van der Waals surface area contributed by atoms with Crippen LogP contribution in [0, 0.1) is 0 Å². The number of hydrogen-bond donors (Lipinski definition) is 1. The molecular formula is C19H29N3O5S. The van der Waals surface area contributed by atoms with Crippen LogP contribution < -0.4 is 14.8 Å². The number of hydrogen-bond acceptors (Lipinski definition) is 6. The molecule has 1 atom stereocenters. The van der Waals surface area contributed by atoms with Crippen LogP contribution in [0.15, 0.2) is 23.1 Å². The number of rotatable bonds is 7. The highest BCUT2D eigenvalue weighted by atomic mass is 32.2.